The largest absolute Gasteiger partial charge is 0.416 e. The first-order chi connectivity index (χ1) is 10.6. The average molecular weight is 346 g/mol. The van der Waals surface area contributed by atoms with Crippen LogP contribution in [-0.2, 0) is 16.2 Å². The molecule has 1 N–H and O–H groups in total. The molecule has 23 heavy (non-hydrogen) atoms. The molecule has 0 amide bonds. The van der Waals surface area contributed by atoms with Crippen molar-refractivity contribution in [3.05, 3.63) is 64.2 Å². The van der Waals surface area contributed by atoms with Crippen LogP contribution < -0.4 is 4.72 Å². The van der Waals surface area contributed by atoms with E-state index in [4.69, 9.17) is 0 Å². The third-order valence-corrected chi connectivity index (χ3v) is 4.24. The smallest absolute Gasteiger partial charge is 0.279 e. The number of sulfonamides is 1. The van der Waals surface area contributed by atoms with Crippen LogP contribution in [0, 0.1) is 10.1 Å². The summed E-state index contributed by atoms with van der Waals surface area (Å²) in [5.74, 6) is 0. The molecule has 0 bridgehead atoms. The number of rotatable bonds is 4. The maximum atomic E-state index is 12.5. The molecule has 2 rings (SSSR count). The first kappa shape index (κ1) is 16.7. The zero-order valence-electron chi connectivity index (χ0n) is 11.2. The molecule has 0 fully saturated rings. The highest BCUT2D eigenvalue weighted by molar-refractivity contribution is 7.92. The van der Waals surface area contributed by atoms with Gasteiger partial charge in [0.1, 0.15) is 0 Å². The predicted octanol–water partition coefficient (Wildman–Crippen LogP) is 3.41. The topological polar surface area (TPSA) is 89.3 Å². The molecule has 0 aliphatic carbocycles. The van der Waals surface area contributed by atoms with Gasteiger partial charge in [-0.2, -0.15) is 13.2 Å². The lowest BCUT2D eigenvalue weighted by Gasteiger charge is -2.10. The lowest BCUT2D eigenvalue weighted by Crippen LogP contribution is -2.15. The molecule has 0 spiro atoms. The quantitative estimate of drug-likeness (QED) is 0.678. The molecule has 0 atom stereocenters. The molecule has 122 valence electrons. The van der Waals surface area contributed by atoms with Gasteiger partial charge in [0.15, 0.2) is 4.90 Å². The summed E-state index contributed by atoms with van der Waals surface area (Å²) >= 11 is 0. The highest BCUT2D eigenvalue weighted by atomic mass is 32.2. The standard InChI is InChI=1S/C13H9F3N2O4S/c14-13(15,16)9-5-7-10(8-6-9)17-23(21,22)12-4-2-1-3-11(12)18(19)20/h1-8,17H. The van der Waals surface area contributed by atoms with Crippen LogP contribution in [0.15, 0.2) is 53.4 Å². The van der Waals surface area contributed by atoms with Crippen molar-refractivity contribution >= 4 is 21.4 Å². The van der Waals surface area contributed by atoms with Crippen molar-refractivity contribution < 1.29 is 26.5 Å². The third kappa shape index (κ3) is 3.77. The Balaban J connectivity index is 2.34. The van der Waals surface area contributed by atoms with Gasteiger partial charge in [0.2, 0.25) is 0 Å². The maximum Gasteiger partial charge on any atom is 0.416 e. The van der Waals surface area contributed by atoms with Crippen molar-refractivity contribution in [1.29, 1.82) is 0 Å². The molecule has 2 aromatic carbocycles. The third-order valence-electron chi connectivity index (χ3n) is 2.82. The summed E-state index contributed by atoms with van der Waals surface area (Å²) in [5.41, 5.74) is -1.71. The molecule has 0 radical (unpaired) electrons. The van der Waals surface area contributed by atoms with E-state index in [9.17, 15) is 31.7 Å². The van der Waals surface area contributed by atoms with Gasteiger partial charge in [-0.15, -0.1) is 0 Å². The van der Waals surface area contributed by atoms with E-state index in [0.717, 1.165) is 24.3 Å². The van der Waals surface area contributed by atoms with E-state index in [1.165, 1.54) is 12.1 Å². The summed E-state index contributed by atoms with van der Waals surface area (Å²) in [5, 5.41) is 10.9. The number of hydrogen-bond acceptors (Lipinski definition) is 4. The van der Waals surface area contributed by atoms with Crippen LogP contribution in [0.25, 0.3) is 0 Å². The van der Waals surface area contributed by atoms with Gasteiger partial charge in [-0.1, -0.05) is 12.1 Å². The van der Waals surface area contributed by atoms with E-state index in [-0.39, 0.29) is 5.69 Å². The van der Waals surface area contributed by atoms with Gasteiger partial charge in [0, 0.05) is 11.8 Å². The van der Waals surface area contributed by atoms with E-state index in [1.54, 1.807) is 0 Å². The van der Waals surface area contributed by atoms with E-state index in [2.05, 4.69) is 0 Å². The van der Waals surface area contributed by atoms with Crippen LogP contribution in [0.2, 0.25) is 0 Å². The molecule has 0 aliphatic heterocycles. The van der Waals surface area contributed by atoms with Crippen molar-refractivity contribution in [1.82, 2.24) is 0 Å². The summed E-state index contributed by atoms with van der Waals surface area (Å²) in [7, 11) is -4.31. The number of halogens is 3. The Morgan fingerprint density at radius 2 is 1.57 bits per heavy atom. The number of nitro groups is 1. The van der Waals surface area contributed by atoms with Crippen molar-refractivity contribution in [2.75, 3.05) is 4.72 Å². The Morgan fingerprint density at radius 1 is 1.00 bits per heavy atom. The number of alkyl halides is 3. The number of para-hydroxylation sites is 1. The Kier molecular flexibility index (Phi) is 4.28. The van der Waals surface area contributed by atoms with Crippen molar-refractivity contribution in [2.45, 2.75) is 11.1 Å². The zero-order valence-corrected chi connectivity index (χ0v) is 12.1. The SMILES string of the molecule is O=[N+]([O-])c1ccccc1S(=O)(=O)Nc1ccc(C(F)(F)F)cc1. The summed E-state index contributed by atoms with van der Waals surface area (Å²) in [4.78, 5) is 9.43. The van der Waals surface area contributed by atoms with Gasteiger partial charge >= 0.3 is 6.18 Å². The maximum absolute atomic E-state index is 12.5. The molecule has 0 saturated heterocycles. The van der Waals surface area contributed by atoms with Crippen LogP contribution in [0.1, 0.15) is 5.56 Å². The Hall–Kier alpha value is -2.62. The van der Waals surface area contributed by atoms with Gasteiger partial charge in [-0.05, 0) is 30.3 Å². The van der Waals surface area contributed by atoms with Crippen LogP contribution in [0.3, 0.4) is 0 Å². The van der Waals surface area contributed by atoms with E-state index in [0.29, 0.717) is 12.1 Å². The second-order valence-electron chi connectivity index (χ2n) is 4.41. The molecule has 0 saturated carbocycles. The first-order valence-electron chi connectivity index (χ1n) is 6.05. The highest BCUT2D eigenvalue weighted by Gasteiger charge is 2.30. The fraction of sp³-hybridized carbons (Fsp3) is 0.0769. The number of hydrogen-bond donors (Lipinski definition) is 1. The number of nitrogens with one attached hydrogen (secondary N) is 1. The average Bonchev–Trinajstić information content (AvgIpc) is 2.46. The summed E-state index contributed by atoms with van der Waals surface area (Å²) < 4.78 is 63.7. The zero-order chi connectivity index (χ0) is 17.3. The van der Waals surface area contributed by atoms with Crippen molar-refractivity contribution in [3.8, 4) is 0 Å². The summed E-state index contributed by atoms with van der Waals surface area (Å²) in [6, 6.07) is 7.91. The molecule has 0 aliphatic rings. The minimum atomic E-state index is -4.55. The minimum absolute atomic E-state index is 0.142. The van der Waals surface area contributed by atoms with Crippen molar-refractivity contribution in [3.63, 3.8) is 0 Å². The van der Waals surface area contributed by atoms with Gasteiger partial charge < -0.3 is 0 Å². The van der Waals surface area contributed by atoms with Gasteiger partial charge in [0.25, 0.3) is 15.7 Å². The van der Waals surface area contributed by atoms with Gasteiger partial charge in [-0.3, -0.25) is 14.8 Å². The molecular weight excluding hydrogens is 337 g/mol. The second kappa shape index (κ2) is 5.88. The number of benzene rings is 2. The molecule has 0 aromatic heterocycles. The lowest BCUT2D eigenvalue weighted by molar-refractivity contribution is -0.387. The summed E-state index contributed by atoms with van der Waals surface area (Å²) in [6.45, 7) is 0. The van der Waals surface area contributed by atoms with Gasteiger partial charge in [0.05, 0.1) is 10.5 Å². The van der Waals surface area contributed by atoms with Crippen LogP contribution in [0.4, 0.5) is 24.5 Å². The summed E-state index contributed by atoms with van der Waals surface area (Å²) in [6.07, 6.45) is -4.55. The highest BCUT2D eigenvalue weighted by Crippen LogP contribution is 2.31. The van der Waals surface area contributed by atoms with Crippen LogP contribution >= 0.6 is 0 Å². The second-order valence-corrected chi connectivity index (χ2v) is 6.06. The van der Waals surface area contributed by atoms with Crippen LogP contribution in [-0.4, -0.2) is 13.3 Å². The number of nitrogens with zero attached hydrogens (tertiary/aromatic N) is 1. The molecular formula is C13H9F3N2O4S. The van der Waals surface area contributed by atoms with E-state index < -0.39 is 37.3 Å². The Morgan fingerprint density at radius 3 is 2.09 bits per heavy atom. The number of nitro benzene ring substituents is 1. The van der Waals surface area contributed by atoms with E-state index in [1.807, 2.05) is 4.72 Å². The molecule has 0 heterocycles. The monoisotopic (exact) mass is 346 g/mol. The number of anilines is 1. The lowest BCUT2D eigenvalue weighted by atomic mass is 10.2. The Labute approximate surface area is 128 Å². The minimum Gasteiger partial charge on any atom is -0.279 e. The molecule has 2 aromatic rings. The molecule has 10 heteroatoms. The van der Waals surface area contributed by atoms with Crippen molar-refractivity contribution in [2.24, 2.45) is 0 Å². The fourth-order valence-corrected chi connectivity index (χ4v) is 3.00. The molecule has 0 unspecified atom stereocenters. The Bertz CT molecular complexity index is 833. The predicted molar refractivity (Wildman–Crippen MR) is 75.3 cm³/mol. The fourth-order valence-electron chi connectivity index (χ4n) is 1.77. The van der Waals surface area contributed by atoms with Gasteiger partial charge in [-0.25, -0.2) is 8.42 Å². The van der Waals surface area contributed by atoms with Crippen LogP contribution in [0.5, 0.6) is 0 Å². The first-order valence-corrected chi connectivity index (χ1v) is 7.53. The van der Waals surface area contributed by atoms with E-state index >= 15 is 0 Å². The normalized spacial score (nSPS) is 12.0. The molecule has 6 nitrogen and oxygen atoms in total.